The van der Waals surface area contributed by atoms with Gasteiger partial charge >= 0.3 is 0 Å². The van der Waals surface area contributed by atoms with Crippen LogP contribution in [0.2, 0.25) is 0 Å². The van der Waals surface area contributed by atoms with Crippen LogP contribution in [0, 0.1) is 0 Å². The minimum Gasteiger partial charge on any atom is -0.375 e. The minimum atomic E-state index is 0.343. The largest absolute Gasteiger partial charge is 0.375 e. The lowest BCUT2D eigenvalue weighted by Crippen LogP contribution is -2.44. The Balaban J connectivity index is 1.50. The minimum absolute atomic E-state index is 0.343. The van der Waals surface area contributed by atoms with Gasteiger partial charge in [-0.3, -0.25) is 0 Å². The maximum Gasteiger partial charge on any atom is 0.0754 e. The predicted octanol–water partition coefficient (Wildman–Crippen LogP) is 1.72. The van der Waals surface area contributed by atoms with Gasteiger partial charge < -0.3 is 14.8 Å². The van der Waals surface area contributed by atoms with Gasteiger partial charge in [-0.05, 0) is 12.0 Å². The van der Waals surface area contributed by atoms with Crippen molar-refractivity contribution in [2.24, 2.45) is 0 Å². The van der Waals surface area contributed by atoms with E-state index >= 15 is 0 Å². The molecular weight excluding hydrogens is 214 g/mol. The summed E-state index contributed by atoms with van der Waals surface area (Å²) in [5.41, 5.74) is 1.25. The molecule has 17 heavy (non-hydrogen) atoms. The van der Waals surface area contributed by atoms with Crippen molar-refractivity contribution in [1.29, 1.82) is 0 Å². The lowest BCUT2D eigenvalue weighted by atomic mass is 10.2. The summed E-state index contributed by atoms with van der Waals surface area (Å²) >= 11 is 0. The van der Waals surface area contributed by atoms with Crippen LogP contribution in [0.5, 0.6) is 0 Å². The second-order valence-corrected chi connectivity index (χ2v) is 4.86. The van der Waals surface area contributed by atoms with Crippen LogP contribution in [0.3, 0.4) is 0 Å². The van der Waals surface area contributed by atoms with Gasteiger partial charge in [0.2, 0.25) is 0 Å². The van der Waals surface area contributed by atoms with Gasteiger partial charge in [0, 0.05) is 19.0 Å². The molecule has 0 spiro atoms. The fourth-order valence-corrected chi connectivity index (χ4v) is 2.73. The van der Waals surface area contributed by atoms with Crippen LogP contribution in [-0.2, 0) is 16.1 Å². The van der Waals surface area contributed by atoms with Gasteiger partial charge in [-0.15, -0.1) is 0 Å². The molecule has 0 bridgehead atoms. The van der Waals surface area contributed by atoms with E-state index in [1.54, 1.807) is 0 Å². The van der Waals surface area contributed by atoms with Gasteiger partial charge in [-0.25, -0.2) is 0 Å². The van der Waals surface area contributed by atoms with E-state index in [-0.39, 0.29) is 0 Å². The Kier molecular flexibility index (Phi) is 3.41. The van der Waals surface area contributed by atoms with E-state index in [0.717, 1.165) is 26.0 Å². The lowest BCUT2D eigenvalue weighted by Gasteiger charge is -2.26. The van der Waals surface area contributed by atoms with Crippen molar-refractivity contribution in [2.45, 2.75) is 37.7 Å². The fourth-order valence-electron chi connectivity index (χ4n) is 2.73. The standard InChI is InChI=1S/C14H19NO2/c1-2-4-11(5-3-1)10-17-12-8-13-14(9-12)16-7-6-15-13/h1-5,12-15H,6-10H2/t12-,13-,14+/m1/s1. The van der Waals surface area contributed by atoms with Gasteiger partial charge in [0.05, 0.1) is 25.4 Å². The Labute approximate surface area is 102 Å². The predicted molar refractivity (Wildman–Crippen MR) is 65.8 cm³/mol. The quantitative estimate of drug-likeness (QED) is 0.862. The highest BCUT2D eigenvalue weighted by Gasteiger charge is 2.37. The number of benzene rings is 1. The summed E-state index contributed by atoms with van der Waals surface area (Å²) in [6.45, 7) is 2.53. The van der Waals surface area contributed by atoms with E-state index in [1.165, 1.54) is 5.56 Å². The van der Waals surface area contributed by atoms with Crippen molar-refractivity contribution < 1.29 is 9.47 Å². The van der Waals surface area contributed by atoms with Crippen LogP contribution in [0.25, 0.3) is 0 Å². The first-order valence-corrected chi connectivity index (χ1v) is 6.42. The molecule has 0 radical (unpaired) electrons. The molecule has 3 atom stereocenters. The summed E-state index contributed by atoms with van der Waals surface area (Å²) in [6.07, 6.45) is 2.82. The van der Waals surface area contributed by atoms with Crippen molar-refractivity contribution in [3.05, 3.63) is 35.9 Å². The van der Waals surface area contributed by atoms with E-state index in [0.29, 0.717) is 24.9 Å². The van der Waals surface area contributed by atoms with E-state index < -0.39 is 0 Å². The van der Waals surface area contributed by atoms with Crippen molar-refractivity contribution in [3.63, 3.8) is 0 Å². The summed E-state index contributed by atoms with van der Waals surface area (Å²) in [5.74, 6) is 0. The molecule has 1 saturated heterocycles. The average molecular weight is 233 g/mol. The topological polar surface area (TPSA) is 30.5 Å². The van der Waals surface area contributed by atoms with E-state index in [9.17, 15) is 0 Å². The third-order valence-electron chi connectivity index (χ3n) is 3.63. The molecule has 1 N–H and O–H groups in total. The summed E-state index contributed by atoms with van der Waals surface area (Å²) < 4.78 is 11.7. The molecular formula is C14H19NO2. The maximum absolute atomic E-state index is 5.96. The number of nitrogens with one attached hydrogen (secondary N) is 1. The Morgan fingerprint density at radius 1 is 1.24 bits per heavy atom. The van der Waals surface area contributed by atoms with Crippen molar-refractivity contribution >= 4 is 0 Å². The van der Waals surface area contributed by atoms with Gasteiger partial charge in [0.25, 0.3) is 0 Å². The Morgan fingerprint density at radius 3 is 2.94 bits per heavy atom. The van der Waals surface area contributed by atoms with Crippen molar-refractivity contribution in [1.82, 2.24) is 5.32 Å². The Morgan fingerprint density at radius 2 is 2.12 bits per heavy atom. The smallest absolute Gasteiger partial charge is 0.0754 e. The highest BCUT2D eigenvalue weighted by atomic mass is 16.5. The molecule has 0 aromatic heterocycles. The van der Waals surface area contributed by atoms with Crippen LogP contribution >= 0.6 is 0 Å². The van der Waals surface area contributed by atoms with E-state index in [2.05, 4.69) is 29.6 Å². The van der Waals surface area contributed by atoms with Crippen LogP contribution < -0.4 is 5.32 Å². The molecule has 3 nitrogen and oxygen atoms in total. The van der Waals surface area contributed by atoms with Gasteiger partial charge in [0.1, 0.15) is 0 Å². The van der Waals surface area contributed by atoms with Gasteiger partial charge in [-0.1, -0.05) is 30.3 Å². The van der Waals surface area contributed by atoms with Gasteiger partial charge in [-0.2, -0.15) is 0 Å². The Bertz CT molecular complexity index is 340. The zero-order valence-corrected chi connectivity index (χ0v) is 9.97. The van der Waals surface area contributed by atoms with Gasteiger partial charge in [0.15, 0.2) is 0 Å². The number of hydrogen-bond acceptors (Lipinski definition) is 3. The molecule has 2 fully saturated rings. The van der Waals surface area contributed by atoms with Crippen LogP contribution in [0.15, 0.2) is 30.3 Å². The average Bonchev–Trinajstić information content (AvgIpc) is 2.80. The molecule has 1 heterocycles. The highest BCUT2D eigenvalue weighted by Crippen LogP contribution is 2.27. The molecule has 0 unspecified atom stereocenters. The van der Waals surface area contributed by atoms with Crippen LogP contribution in [0.1, 0.15) is 18.4 Å². The summed E-state index contributed by atoms with van der Waals surface area (Å²) in [4.78, 5) is 0. The first-order valence-electron chi connectivity index (χ1n) is 6.42. The first-order chi connectivity index (χ1) is 8.42. The second kappa shape index (κ2) is 5.17. The normalized spacial score (nSPS) is 32.4. The maximum atomic E-state index is 5.96. The van der Waals surface area contributed by atoms with Crippen molar-refractivity contribution in [3.8, 4) is 0 Å². The molecule has 3 heteroatoms. The SMILES string of the molecule is c1ccc(CO[C@H]2C[C@@H]3OCCN[C@@H]3C2)cc1. The fraction of sp³-hybridized carbons (Fsp3) is 0.571. The molecule has 2 aliphatic rings. The number of ether oxygens (including phenoxy) is 2. The number of fused-ring (bicyclic) bond motifs is 1. The van der Waals surface area contributed by atoms with E-state index in [4.69, 9.17) is 9.47 Å². The molecule has 0 amide bonds. The second-order valence-electron chi connectivity index (χ2n) is 4.86. The number of morpholine rings is 1. The zero-order valence-electron chi connectivity index (χ0n) is 9.97. The monoisotopic (exact) mass is 233 g/mol. The first kappa shape index (κ1) is 11.2. The van der Waals surface area contributed by atoms with E-state index in [1.807, 2.05) is 6.07 Å². The van der Waals surface area contributed by atoms with Crippen molar-refractivity contribution in [2.75, 3.05) is 13.2 Å². The lowest BCUT2D eigenvalue weighted by molar-refractivity contribution is -0.00152. The molecule has 1 aromatic rings. The number of rotatable bonds is 3. The van der Waals surface area contributed by atoms with Crippen LogP contribution in [-0.4, -0.2) is 31.4 Å². The summed E-state index contributed by atoms with van der Waals surface area (Å²) in [7, 11) is 0. The molecule has 1 aromatic carbocycles. The zero-order chi connectivity index (χ0) is 11.5. The molecule has 92 valence electrons. The molecule has 3 rings (SSSR count). The molecule has 1 saturated carbocycles. The number of hydrogen-bond donors (Lipinski definition) is 1. The third-order valence-corrected chi connectivity index (χ3v) is 3.63. The molecule has 1 aliphatic carbocycles. The third kappa shape index (κ3) is 2.68. The molecule has 1 aliphatic heterocycles. The van der Waals surface area contributed by atoms with Crippen LogP contribution in [0.4, 0.5) is 0 Å². The Hall–Kier alpha value is -0.900. The summed E-state index contributed by atoms with van der Waals surface area (Å²) in [6, 6.07) is 10.9. The highest BCUT2D eigenvalue weighted by molar-refractivity contribution is 5.13. The summed E-state index contributed by atoms with van der Waals surface area (Å²) in [5, 5.41) is 3.50.